The molecular formula is C19H19FIN3O. The quantitative estimate of drug-likeness (QED) is 0.547. The summed E-state index contributed by atoms with van der Waals surface area (Å²) in [5.41, 5.74) is 1.94. The molecule has 0 unspecified atom stereocenters. The summed E-state index contributed by atoms with van der Waals surface area (Å²) in [4.78, 5) is 12.7. The summed E-state index contributed by atoms with van der Waals surface area (Å²) in [6, 6.07) is 11.6. The highest BCUT2D eigenvalue weighted by Crippen LogP contribution is 2.25. The number of nitrogens with zero attached hydrogens (tertiary/aromatic N) is 1. The molecule has 130 valence electrons. The van der Waals surface area contributed by atoms with Crippen LogP contribution in [0.2, 0.25) is 0 Å². The molecule has 1 amide bonds. The van der Waals surface area contributed by atoms with Crippen molar-refractivity contribution in [1.82, 2.24) is 15.5 Å². The number of nitrogens with one attached hydrogen (secondary N) is 2. The fraction of sp³-hybridized carbons (Fsp3) is 0.263. The molecule has 1 heterocycles. The summed E-state index contributed by atoms with van der Waals surface area (Å²) in [5.74, 6) is -0.191. The fourth-order valence-corrected chi connectivity index (χ4v) is 3.42. The van der Waals surface area contributed by atoms with E-state index >= 15 is 0 Å². The summed E-state index contributed by atoms with van der Waals surface area (Å²) >= 11 is 2.12. The average Bonchev–Trinajstić information content (AvgIpc) is 2.95. The van der Waals surface area contributed by atoms with Gasteiger partial charge in [-0.2, -0.15) is 5.10 Å². The number of carbonyl (C=O) groups is 1. The zero-order chi connectivity index (χ0) is 18.0. The molecule has 4 nitrogen and oxygen atoms in total. The van der Waals surface area contributed by atoms with Crippen LogP contribution in [0.1, 0.15) is 42.2 Å². The highest BCUT2D eigenvalue weighted by Gasteiger charge is 2.20. The summed E-state index contributed by atoms with van der Waals surface area (Å²) in [6.45, 7) is 4.11. The molecule has 0 aliphatic carbocycles. The van der Waals surface area contributed by atoms with E-state index in [0.29, 0.717) is 23.5 Å². The Bertz CT molecular complexity index is 907. The molecule has 25 heavy (non-hydrogen) atoms. The van der Waals surface area contributed by atoms with Crippen LogP contribution in [0, 0.1) is 15.4 Å². The van der Waals surface area contributed by atoms with Gasteiger partial charge in [0.05, 0.1) is 11.6 Å². The standard InChI is InChI=1S/C19H19FIN3O/c1-11(2)9-17(13-5-3-4-6-15(13)20)22-19(25)12-7-8-16-14(10-12)18(21)24-23-16/h3-8,10-11,17H,9H2,1-2H3,(H,22,25)(H,23,24)/t17-/m0/s1. The minimum Gasteiger partial charge on any atom is -0.345 e. The maximum Gasteiger partial charge on any atom is 0.251 e. The lowest BCUT2D eigenvalue weighted by atomic mass is 9.96. The molecule has 0 aliphatic heterocycles. The second-order valence-corrected chi connectivity index (χ2v) is 7.47. The van der Waals surface area contributed by atoms with Crippen LogP contribution in [0.25, 0.3) is 10.9 Å². The molecule has 2 N–H and O–H groups in total. The first-order valence-electron chi connectivity index (χ1n) is 8.14. The van der Waals surface area contributed by atoms with E-state index in [1.807, 2.05) is 12.1 Å². The lowest BCUT2D eigenvalue weighted by Crippen LogP contribution is -2.30. The number of fused-ring (bicyclic) bond motifs is 1. The molecule has 0 fully saturated rings. The van der Waals surface area contributed by atoms with Gasteiger partial charge in [0.1, 0.15) is 9.52 Å². The summed E-state index contributed by atoms with van der Waals surface area (Å²) < 4.78 is 15.0. The molecule has 0 spiro atoms. The van der Waals surface area contributed by atoms with E-state index in [9.17, 15) is 9.18 Å². The van der Waals surface area contributed by atoms with Crippen molar-refractivity contribution in [2.75, 3.05) is 0 Å². The predicted octanol–water partition coefficient (Wildman–Crippen LogP) is 4.82. The Hall–Kier alpha value is -1.96. The zero-order valence-electron chi connectivity index (χ0n) is 14.0. The third-order valence-electron chi connectivity index (χ3n) is 4.07. The maximum atomic E-state index is 14.2. The smallest absolute Gasteiger partial charge is 0.251 e. The van der Waals surface area contributed by atoms with Gasteiger partial charge in [-0.05, 0) is 59.2 Å². The van der Waals surface area contributed by atoms with Crippen LogP contribution in [0.3, 0.4) is 0 Å². The fourth-order valence-electron chi connectivity index (χ4n) is 2.86. The second-order valence-electron chi connectivity index (χ2n) is 6.45. The van der Waals surface area contributed by atoms with Crippen LogP contribution < -0.4 is 5.32 Å². The highest BCUT2D eigenvalue weighted by molar-refractivity contribution is 14.1. The lowest BCUT2D eigenvalue weighted by molar-refractivity contribution is 0.0931. The summed E-state index contributed by atoms with van der Waals surface area (Å²) in [7, 11) is 0. The molecule has 0 radical (unpaired) electrons. The first-order chi connectivity index (χ1) is 12.0. The average molecular weight is 451 g/mol. The van der Waals surface area contributed by atoms with Crippen molar-refractivity contribution in [2.45, 2.75) is 26.3 Å². The number of H-pyrrole nitrogens is 1. The van der Waals surface area contributed by atoms with Gasteiger partial charge in [0.25, 0.3) is 5.91 Å². The van der Waals surface area contributed by atoms with Crippen molar-refractivity contribution < 1.29 is 9.18 Å². The minimum atomic E-state index is -0.368. The Morgan fingerprint density at radius 3 is 2.76 bits per heavy atom. The van der Waals surface area contributed by atoms with Crippen molar-refractivity contribution in [3.05, 3.63) is 63.1 Å². The predicted molar refractivity (Wildman–Crippen MR) is 105 cm³/mol. The number of halogens is 2. The van der Waals surface area contributed by atoms with Crippen LogP contribution in [0.15, 0.2) is 42.5 Å². The number of aromatic amines is 1. The normalized spacial score (nSPS) is 12.5. The van der Waals surface area contributed by atoms with Crippen molar-refractivity contribution in [3.63, 3.8) is 0 Å². The first kappa shape index (κ1) is 17.8. The van der Waals surface area contributed by atoms with E-state index < -0.39 is 0 Å². The van der Waals surface area contributed by atoms with Gasteiger partial charge in [-0.15, -0.1) is 0 Å². The number of hydrogen-bond donors (Lipinski definition) is 2. The zero-order valence-corrected chi connectivity index (χ0v) is 16.2. The van der Waals surface area contributed by atoms with Gasteiger partial charge in [0.2, 0.25) is 0 Å². The van der Waals surface area contributed by atoms with Crippen LogP contribution in [-0.2, 0) is 0 Å². The van der Waals surface area contributed by atoms with E-state index in [0.717, 1.165) is 14.6 Å². The van der Waals surface area contributed by atoms with Gasteiger partial charge >= 0.3 is 0 Å². The Kier molecular flexibility index (Phi) is 5.36. The van der Waals surface area contributed by atoms with Crippen molar-refractivity contribution >= 4 is 39.4 Å². The van der Waals surface area contributed by atoms with Crippen LogP contribution in [0.5, 0.6) is 0 Å². The van der Waals surface area contributed by atoms with Crippen molar-refractivity contribution in [2.24, 2.45) is 5.92 Å². The molecule has 3 aromatic rings. The molecule has 0 bridgehead atoms. The molecule has 1 aromatic heterocycles. The molecule has 0 aliphatic rings. The SMILES string of the molecule is CC(C)C[C@H](NC(=O)c1ccc2[nH]nc(I)c2c1)c1ccccc1F. The summed E-state index contributed by atoms with van der Waals surface area (Å²) in [5, 5.41) is 10.9. The number of benzene rings is 2. The minimum absolute atomic E-state index is 0.215. The second kappa shape index (κ2) is 7.51. The lowest BCUT2D eigenvalue weighted by Gasteiger charge is -2.21. The number of hydrogen-bond acceptors (Lipinski definition) is 2. The molecule has 6 heteroatoms. The number of aromatic nitrogens is 2. The van der Waals surface area contributed by atoms with Crippen LogP contribution >= 0.6 is 22.6 Å². The highest BCUT2D eigenvalue weighted by atomic mass is 127. The first-order valence-corrected chi connectivity index (χ1v) is 9.22. The van der Waals surface area contributed by atoms with Crippen LogP contribution in [0.4, 0.5) is 4.39 Å². The Balaban J connectivity index is 1.88. The largest absolute Gasteiger partial charge is 0.345 e. The Labute approximate surface area is 159 Å². The Morgan fingerprint density at radius 1 is 1.28 bits per heavy atom. The Morgan fingerprint density at radius 2 is 2.04 bits per heavy atom. The van der Waals surface area contributed by atoms with Gasteiger partial charge in [-0.25, -0.2) is 4.39 Å². The van der Waals surface area contributed by atoms with Gasteiger partial charge < -0.3 is 5.32 Å². The van der Waals surface area contributed by atoms with Crippen molar-refractivity contribution in [1.29, 1.82) is 0 Å². The number of amides is 1. The number of carbonyl (C=O) groups excluding carboxylic acids is 1. The van der Waals surface area contributed by atoms with E-state index in [4.69, 9.17) is 0 Å². The van der Waals surface area contributed by atoms with Gasteiger partial charge in [0, 0.05) is 16.5 Å². The van der Waals surface area contributed by atoms with E-state index in [1.54, 1.807) is 24.3 Å². The van der Waals surface area contributed by atoms with E-state index in [1.165, 1.54) is 6.07 Å². The van der Waals surface area contributed by atoms with Crippen LogP contribution in [-0.4, -0.2) is 16.1 Å². The third kappa shape index (κ3) is 4.00. The molecule has 0 saturated carbocycles. The maximum absolute atomic E-state index is 14.2. The van der Waals surface area contributed by atoms with Crippen molar-refractivity contribution in [3.8, 4) is 0 Å². The van der Waals surface area contributed by atoms with E-state index in [-0.39, 0.29) is 17.8 Å². The third-order valence-corrected chi connectivity index (χ3v) is 4.89. The van der Waals surface area contributed by atoms with E-state index in [2.05, 4.69) is 52.0 Å². The summed E-state index contributed by atoms with van der Waals surface area (Å²) in [6.07, 6.45) is 0.665. The van der Waals surface area contributed by atoms with Gasteiger partial charge in [0.15, 0.2) is 0 Å². The number of rotatable bonds is 5. The van der Waals surface area contributed by atoms with Gasteiger partial charge in [-0.3, -0.25) is 9.89 Å². The molecule has 1 atom stereocenters. The molecule has 0 saturated heterocycles. The topological polar surface area (TPSA) is 57.8 Å². The molecule has 2 aromatic carbocycles. The van der Waals surface area contributed by atoms with Gasteiger partial charge in [-0.1, -0.05) is 32.0 Å². The monoisotopic (exact) mass is 451 g/mol. The molecular weight excluding hydrogens is 432 g/mol. The molecule has 3 rings (SSSR count).